The molecule has 22 heavy (non-hydrogen) atoms. The number of aromatic hydroxyl groups is 1. The fourth-order valence-corrected chi connectivity index (χ4v) is 3.23. The number of aliphatic hydroxyl groups is 1. The van der Waals surface area contributed by atoms with Gasteiger partial charge in [-0.25, -0.2) is 0 Å². The van der Waals surface area contributed by atoms with E-state index in [9.17, 15) is 10.2 Å². The molecular formula is C17H18ClNO3. The highest BCUT2D eigenvalue weighted by Crippen LogP contribution is 2.43. The van der Waals surface area contributed by atoms with Crippen LogP contribution < -0.4 is 10.1 Å². The van der Waals surface area contributed by atoms with Gasteiger partial charge in [0.05, 0.1) is 5.02 Å². The third kappa shape index (κ3) is 2.65. The van der Waals surface area contributed by atoms with Gasteiger partial charge in [0, 0.05) is 19.0 Å². The van der Waals surface area contributed by atoms with E-state index in [1.807, 2.05) is 24.3 Å². The standard InChI is InChI=1S/C17H18ClNO3/c1-19-10-17(21)9-11-4-2-3-5-13(11)16(17)22-15-7-6-12(20)8-14(15)18/h2-8,16,19-21H,9-10H2,1H3/t16-,17+/m1/s1. The van der Waals surface area contributed by atoms with Crippen LogP contribution >= 0.6 is 11.6 Å². The van der Waals surface area contributed by atoms with Crippen LogP contribution in [0.15, 0.2) is 42.5 Å². The van der Waals surface area contributed by atoms with Crippen molar-refractivity contribution < 1.29 is 14.9 Å². The predicted molar refractivity (Wildman–Crippen MR) is 85.5 cm³/mol. The third-order valence-corrected chi connectivity index (χ3v) is 4.26. The largest absolute Gasteiger partial charge is 0.508 e. The van der Waals surface area contributed by atoms with E-state index in [4.69, 9.17) is 16.3 Å². The molecule has 0 aromatic heterocycles. The van der Waals surface area contributed by atoms with E-state index < -0.39 is 11.7 Å². The van der Waals surface area contributed by atoms with E-state index >= 15 is 0 Å². The molecule has 0 amide bonds. The Morgan fingerprint density at radius 3 is 2.82 bits per heavy atom. The molecule has 2 aromatic rings. The summed E-state index contributed by atoms with van der Waals surface area (Å²) in [6, 6.07) is 12.4. The Kier molecular flexibility index (Phi) is 4.00. The van der Waals surface area contributed by atoms with Crippen molar-refractivity contribution in [3.05, 3.63) is 58.6 Å². The van der Waals surface area contributed by atoms with Gasteiger partial charge < -0.3 is 20.3 Å². The Bertz CT molecular complexity index is 691. The number of likely N-dealkylation sites (N-methyl/N-ethyl adjacent to an activating group) is 1. The fourth-order valence-electron chi connectivity index (χ4n) is 3.01. The number of nitrogens with one attached hydrogen (secondary N) is 1. The minimum atomic E-state index is -1.04. The number of halogens is 1. The Morgan fingerprint density at radius 2 is 2.09 bits per heavy atom. The van der Waals surface area contributed by atoms with Crippen LogP contribution in [0.2, 0.25) is 5.02 Å². The first kappa shape index (κ1) is 15.2. The molecular weight excluding hydrogens is 302 g/mol. The van der Waals surface area contributed by atoms with Crippen LogP contribution in [0.25, 0.3) is 0 Å². The van der Waals surface area contributed by atoms with Gasteiger partial charge in [-0.2, -0.15) is 0 Å². The zero-order valence-electron chi connectivity index (χ0n) is 12.2. The molecule has 0 saturated heterocycles. The summed E-state index contributed by atoms with van der Waals surface area (Å²) in [7, 11) is 1.80. The Morgan fingerprint density at radius 1 is 1.32 bits per heavy atom. The maximum atomic E-state index is 11.0. The molecule has 0 heterocycles. The number of rotatable bonds is 4. The number of benzene rings is 2. The molecule has 1 aliphatic carbocycles. The van der Waals surface area contributed by atoms with E-state index in [1.165, 1.54) is 12.1 Å². The second-order valence-corrected chi connectivity index (χ2v) is 6.03. The van der Waals surface area contributed by atoms with E-state index in [2.05, 4.69) is 5.32 Å². The zero-order valence-corrected chi connectivity index (χ0v) is 13.0. The van der Waals surface area contributed by atoms with Crippen LogP contribution in [0.5, 0.6) is 11.5 Å². The van der Waals surface area contributed by atoms with E-state index in [-0.39, 0.29) is 5.75 Å². The maximum absolute atomic E-state index is 11.0. The Labute approximate surface area is 134 Å². The molecule has 1 aliphatic rings. The van der Waals surface area contributed by atoms with Gasteiger partial charge in [-0.1, -0.05) is 35.9 Å². The van der Waals surface area contributed by atoms with Gasteiger partial charge in [0.15, 0.2) is 6.10 Å². The monoisotopic (exact) mass is 319 g/mol. The molecule has 2 aromatic carbocycles. The van der Waals surface area contributed by atoms with Gasteiger partial charge in [-0.3, -0.25) is 0 Å². The number of phenols is 1. The van der Waals surface area contributed by atoms with E-state index in [1.54, 1.807) is 13.1 Å². The molecule has 0 unspecified atom stereocenters. The van der Waals surface area contributed by atoms with Gasteiger partial charge >= 0.3 is 0 Å². The third-order valence-electron chi connectivity index (χ3n) is 3.97. The topological polar surface area (TPSA) is 61.7 Å². The van der Waals surface area contributed by atoms with Crippen molar-refractivity contribution in [2.24, 2.45) is 0 Å². The van der Waals surface area contributed by atoms with Crippen molar-refractivity contribution in [1.82, 2.24) is 5.32 Å². The Hall–Kier alpha value is -1.75. The lowest BCUT2D eigenvalue weighted by Crippen LogP contribution is -2.45. The van der Waals surface area contributed by atoms with Crippen LogP contribution in [0.3, 0.4) is 0 Å². The first-order chi connectivity index (χ1) is 10.5. The smallest absolute Gasteiger partial charge is 0.154 e. The summed E-state index contributed by atoms with van der Waals surface area (Å²) in [5, 5.41) is 23.8. The summed E-state index contributed by atoms with van der Waals surface area (Å²) >= 11 is 6.12. The molecule has 3 N–H and O–H groups in total. The summed E-state index contributed by atoms with van der Waals surface area (Å²) in [5.74, 6) is 0.519. The van der Waals surface area contributed by atoms with Crippen molar-refractivity contribution in [2.75, 3.05) is 13.6 Å². The average Bonchev–Trinajstić information content (AvgIpc) is 2.74. The first-order valence-corrected chi connectivity index (χ1v) is 7.51. The maximum Gasteiger partial charge on any atom is 0.154 e. The van der Waals surface area contributed by atoms with Crippen molar-refractivity contribution in [2.45, 2.75) is 18.1 Å². The highest BCUT2D eigenvalue weighted by Gasteiger charge is 2.46. The molecule has 116 valence electrons. The van der Waals surface area contributed by atoms with Crippen LogP contribution in [0, 0.1) is 0 Å². The first-order valence-electron chi connectivity index (χ1n) is 7.13. The van der Waals surface area contributed by atoms with Gasteiger partial charge in [-0.05, 0) is 30.3 Å². The van der Waals surface area contributed by atoms with E-state index in [0.717, 1.165) is 11.1 Å². The fraction of sp³-hybridized carbons (Fsp3) is 0.294. The number of hydrogen-bond acceptors (Lipinski definition) is 4. The van der Waals surface area contributed by atoms with Crippen molar-refractivity contribution in [3.63, 3.8) is 0 Å². The number of hydrogen-bond donors (Lipinski definition) is 3. The number of fused-ring (bicyclic) bond motifs is 1. The highest BCUT2D eigenvalue weighted by atomic mass is 35.5. The number of ether oxygens (including phenoxy) is 1. The van der Waals surface area contributed by atoms with Gasteiger partial charge in [0.2, 0.25) is 0 Å². The lowest BCUT2D eigenvalue weighted by molar-refractivity contribution is -0.0484. The molecule has 0 spiro atoms. The van der Waals surface area contributed by atoms with E-state index in [0.29, 0.717) is 23.7 Å². The number of phenolic OH excluding ortho intramolecular Hbond substituents is 1. The molecule has 0 saturated carbocycles. The Balaban J connectivity index is 1.98. The van der Waals surface area contributed by atoms with Crippen LogP contribution in [-0.2, 0) is 6.42 Å². The second kappa shape index (κ2) is 5.80. The summed E-state index contributed by atoms with van der Waals surface area (Å²) in [4.78, 5) is 0. The normalized spacial score (nSPS) is 23.3. The molecule has 3 rings (SSSR count). The lowest BCUT2D eigenvalue weighted by atomic mass is 9.97. The van der Waals surface area contributed by atoms with Crippen LogP contribution in [0.1, 0.15) is 17.2 Å². The predicted octanol–water partition coefficient (Wildman–Crippen LogP) is 2.67. The highest BCUT2D eigenvalue weighted by molar-refractivity contribution is 6.32. The lowest BCUT2D eigenvalue weighted by Gasteiger charge is -2.31. The molecule has 0 radical (unpaired) electrons. The molecule has 2 atom stereocenters. The molecule has 0 aliphatic heterocycles. The van der Waals surface area contributed by atoms with Crippen molar-refractivity contribution in [1.29, 1.82) is 0 Å². The minimum absolute atomic E-state index is 0.0784. The molecule has 0 fully saturated rings. The van der Waals surface area contributed by atoms with Gasteiger partial charge in [0.1, 0.15) is 17.1 Å². The van der Waals surface area contributed by atoms with Gasteiger partial charge in [-0.15, -0.1) is 0 Å². The summed E-state index contributed by atoms with van der Waals surface area (Å²) in [6.45, 7) is 0.405. The quantitative estimate of drug-likeness (QED) is 0.811. The summed E-state index contributed by atoms with van der Waals surface area (Å²) < 4.78 is 6.02. The summed E-state index contributed by atoms with van der Waals surface area (Å²) in [6.07, 6.45) is 0.00267. The van der Waals surface area contributed by atoms with Crippen molar-refractivity contribution in [3.8, 4) is 11.5 Å². The molecule has 0 bridgehead atoms. The molecule has 5 heteroatoms. The summed E-state index contributed by atoms with van der Waals surface area (Å²) in [5.41, 5.74) is 0.990. The van der Waals surface area contributed by atoms with Crippen LogP contribution in [0.4, 0.5) is 0 Å². The minimum Gasteiger partial charge on any atom is -0.508 e. The average molecular weight is 320 g/mol. The van der Waals surface area contributed by atoms with Crippen molar-refractivity contribution >= 4 is 11.6 Å². The van der Waals surface area contributed by atoms with Gasteiger partial charge in [0.25, 0.3) is 0 Å². The zero-order chi connectivity index (χ0) is 15.7. The molecule has 4 nitrogen and oxygen atoms in total. The SMILES string of the molecule is CNC[C@@]1(O)Cc2ccccc2[C@H]1Oc1ccc(O)cc1Cl. The van der Waals surface area contributed by atoms with Crippen LogP contribution in [-0.4, -0.2) is 29.4 Å². The second-order valence-electron chi connectivity index (χ2n) is 5.62.